The molecule has 0 N–H and O–H groups in total. The van der Waals surface area contributed by atoms with E-state index in [2.05, 4.69) is 217 Å². The topological polar surface area (TPSA) is 6.48 Å². The van der Waals surface area contributed by atoms with Crippen LogP contribution in [-0.4, -0.2) is 6.71 Å². The molecule has 0 aromatic heterocycles. The Labute approximate surface area is 328 Å². The lowest BCUT2D eigenvalue weighted by Gasteiger charge is -2.45. The van der Waals surface area contributed by atoms with E-state index >= 15 is 0 Å². The molecule has 0 saturated carbocycles. The van der Waals surface area contributed by atoms with Crippen molar-refractivity contribution in [2.24, 2.45) is 0 Å². The summed E-state index contributed by atoms with van der Waals surface area (Å²) in [5, 5.41) is 0. The number of hydrogen-bond donors (Lipinski definition) is 0. The fourth-order valence-corrected chi connectivity index (χ4v) is 8.68. The molecule has 0 bridgehead atoms. The summed E-state index contributed by atoms with van der Waals surface area (Å²) in [5.74, 6) is 0. The molecule has 3 heteroatoms. The van der Waals surface area contributed by atoms with Crippen molar-refractivity contribution in [1.82, 2.24) is 0 Å². The average Bonchev–Trinajstić information content (AvgIpc) is 3.17. The van der Waals surface area contributed by atoms with Gasteiger partial charge >= 0.3 is 0 Å². The molecule has 0 radical (unpaired) electrons. The lowest BCUT2D eigenvalue weighted by molar-refractivity contribution is 0.590. The van der Waals surface area contributed by atoms with Gasteiger partial charge in [0.15, 0.2) is 0 Å². The molecule has 55 heavy (non-hydrogen) atoms. The number of para-hydroxylation sites is 1. The van der Waals surface area contributed by atoms with Gasteiger partial charge in [-0.2, -0.15) is 0 Å². The van der Waals surface area contributed by atoms with Gasteiger partial charge in [-0.05, 0) is 111 Å². The van der Waals surface area contributed by atoms with Crippen molar-refractivity contribution in [3.8, 4) is 22.3 Å². The van der Waals surface area contributed by atoms with Crippen LogP contribution in [0.25, 0.3) is 22.3 Å². The standard InChI is InChI=1S/C52H49BN2/c1-34-18-26-41(27-19-34)54-46-28-20-35(2)30-43(46)53-44-33-40(52(6,7)8)25-29-47(44)55(45-17-13-12-16-42(45)37-14-10-9-11-15-37)49-32-38(31-48(54)50(49)53)36-21-23-39(24-22-36)51(3,4)5/h9-33H,1-8H3. The van der Waals surface area contributed by atoms with Crippen LogP contribution < -0.4 is 26.2 Å². The van der Waals surface area contributed by atoms with Gasteiger partial charge in [0, 0.05) is 34.0 Å². The molecular formula is C52H49BN2. The fraction of sp³-hybridized carbons (Fsp3) is 0.192. The van der Waals surface area contributed by atoms with Gasteiger partial charge in [-0.15, -0.1) is 0 Å². The largest absolute Gasteiger partial charge is 0.311 e. The van der Waals surface area contributed by atoms with Crippen LogP contribution >= 0.6 is 0 Å². The molecule has 2 aliphatic heterocycles. The van der Waals surface area contributed by atoms with E-state index in [9.17, 15) is 0 Å². The van der Waals surface area contributed by atoms with Crippen molar-refractivity contribution in [3.05, 3.63) is 174 Å². The molecule has 9 rings (SSSR count). The molecule has 270 valence electrons. The fourth-order valence-electron chi connectivity index (χ4n) is 8.68. The number of benzene rings is 7. The number of rotatable bonds is 4. The van der Waals surface area contributed by atoms with E-state index in [0.29, 0.717) is 0 Å². The van der Waals surface area contributed by atoms with Crippen LogP contribution in [0.4, 0.5) is 34.1 Å². The molecule has 7 aromatic rings. The summed E-state index contributed by atoms with van der Waals surface area (Å²) < 4.78 is 0. The molecule has 2 heterocycles. The van der Waals surface area contributed by atoms with Gasteiger partial charge in [-0.1, -0.05) is 162 Å². The van der Waals surface area contributed by atoms with Gasteiger partial charge in [0.2, 0.25) is 0 Å². The first kappa shape index (κ1) is 34.9. The molecule has 0 atom stereocenters. The quantitative estimate of drug-likeness (QED) is 0.168. The average molecular weight is 713 g/mol. The minimum Gasteiger partial charge on any atom is -0.311 e. The molecule has 0 amide bonds. The van der Waals surface area contributed by atoms with E-state index in [0.717, 1.165) is 0 Å². The van der Waals surface area contributed by atoms with Crippen LogP contribution in [0.1, 0.15) is 63.8 Å². The van der Waals surface area contributed by atoms with Gasteiger partial charge in [-0.25, -0.2) is 0 Å². The Morgan fingerprint density at radius 2 is 0.964 bits per heavy atom. The third kappa shape index (κ3) is 5.98. The summed E-state index contributed by atoms with van der Waals surface area (Å²) in [5.41, 5.74) is 21.4. The van der Waals surface area contributed by atoms with Crippen LogP contribution in [0.5, 0.6) is 0 Å². The van der Waals surface area contributed by atoms with Gasteiger partial charge in [0.05, 0.1) is 5.69 Å². The Hall–Kier alpha value is -5.80. The maximum atomic E-state index is 2.57. The van der Waals surface area contributed by atoms with Crippen LogP contribution in [-0.2, 0) is 10.8 Å². The van der Waals surface area contributed by atoms with E-state index in [1.165, 1.54) is 95.0 Å². The van der Waals surface area contributed by atoms with Crippen molar-refractivity contribution in [2.75, 3.05) is 9.80 Å². The molecule has 0 aliphatic carbocycles. The summed E-state index contributed by atoms with van der Waals surface area (Å²) in [7, 11) is 0. The second kappa shape index (κ2) is 12.9. The highest BCUT2D eigenvalue weighted by Crippen LogP contribution is 2.48. The Morgan fingerprint density at radius 3 is 1.65 bits per heavy atom. The zero-order valence-electron chi connectivity index (χ0n) is 33.4. The van der Waals surface area contributed by atoms with Crippen molar-refractivity contribution in [1.29, 1.82) is 0 Å². The lowest BCUT2D eigenvalue weighted by Crippen LogP contribution is -2.61. The van der Waals surface area contributed by atoms with E-state index in [-0.39, 0.29) is 17.5 Å². The van der Waals surface area contributed by atoms with Crippen LogP contribution in [0.3, 0.4) is 0 Å². The normalized spacial score (nSPS) is 13.3. The number of nitrogens with zero attached hydrogens (tertiary/aromatic N) is 2. The molecule has 0 saturated heterocycles. The first-order valence-electron chi connectivity index (χ1n) is 19.7. The number of anilines is 6. The predicted octanol–water partition coefficient (Wildman–Crippen LogP) is 12.3. The van der Waals surface area contributed by atoms with Gasteiger partial charge in [0.1, 0.15) is 0 Å². The van der Waals surface area contributed by atoms with E-state index < -0.39 is 0 Å². The monoisotopic (exact) mass is 712 g/mol. The number of hydrogen-bond acceptors (Lipinski definition) is 2. The highest BCUT2D eigenvalue weighted by molar-refractivity contribution is 7.00. The molecule has 2 nitrogen and oxygen atoms in total. The molecular weight excluding hydrogens is 663 g/mol. The third-order valence-corrected chi connectivity index (χ3v) is 11.7. The molecule has 7 aromatic carbocycles. The highest BCUT2D eigenvalue weighted by atomic mass is 15.2. The highest BCUT2D eigenvalue weighted by Gasteiger charge is 2.44. The lowest BCUT2D eigenvalue weighted by atomic mass is 9.33. The minimum atomic E-state index is -0.00791. The van der Waals surface area contributed by atoms with E-state index in [1.807, 2.05) is 0 Å². The summed E-state index contributed by atoms with van der Waals surface area (Å²) in [4.78, 5) is 5.09. The van der Waals surface area contributed by atoms with Crippen molar-refractivity contribution >= 4 is 57.2 Å². The number of aryl methyl sites for hydroxylation is 2. The molecule has 2 aliphatic rings. The van der Waals surface area contributed by atoms with Gasteiger partial charge < -0.3 is 9.80 Å². The molecule has 0 spiro atoms. The van der Waals surface area contributed by atoms with E-state index in [1.54, 1.807) is 0 Å². The molecule has 0 fully saturated rings. The zero-order valence-corrected chi connectivity index (χ0v) is 33.4. The zero-order chi connectivity index (χ0) is 38.2. The second-order valence-electron chi connectivity index (χ2n) is 17.7. The van der Waals surface area contributed by atoms with Gasteiger partial charge in [0.25, 0.3) is 6.71 Å². The Bertz CT molecular complexity index is 2570. The Balaban J connectivity index is 1.41. The first-order valence-corrected chi connectivity index (χ1v) is 19.7. The summed E-state index contributed by atoms with van der Waals surface area (Å²) in [6.45, 7) is 18.3. The summed E-state index contributed by atoms with van der Waals surface area (Å²) >= 11 is 0. The van der Waals surface area contributed by atoms with Crippen LogP contribution in [0.2, 0.25) is 0 Å². The number of fused-ring (bicyclic) bond motifs is 4. The van der Waals surface area contributed by atoms with Crippen molar-refractivity contribution in [3.63, 3.8) is 0 Å². The smallest absolute Gasteiger partial charge is 0.252 e. The third-order valence-electron chi connectivity index (χ3n) is 11.7. The molecule has 0 unspecified atom stereocenters. The summed E-state index contributed by atoms with van der Waals surface area (Å²) in [6, 6.07) is 57.4. The predicted molar refractivity (Wildman–Crippen MR) is 238 cm³/mol. The van der Waals surface area contributed by atoms with Crippen molar-refractivity contribution < 1.29 is 0 Å². The summed E-state index contributed by atoms with van der Waals surface area (Å²) in [6.07, 6.45) is 0. The van der Waals surface area contributed by atoms with E-state index in [4.69, 9.17) is 0 Å². The van der Waals surface area contributed by atoms with Crippen LogP contribution in [0.15, 0.2) is 152 Å². The van der Waals surface area contributed by atoms with Crippen molar-refractivity contribution in [2.45, 2.75) is 66.2 Å². The van der Waals surface area contributed by atoms with Gasteiger partial charge in [-0.3, -0.25) is 0 Å². The SMILES string of the molecule is Cc1ccc(N2c3ccc(C)cc3B3c4cc(C(C)(C)C)ccc4N(c4ccccc4-c4ccccc4)c4cc(-c5ccc(C(C)(C)C)cc5)cc2c43)cc1. The first-order chi connectivity index (χ1) is 26.4. The minimum absolute atomic E-state index is 0.00791. The maximum absolute atomic E-state index is 2.57. The maximum Gasteiger partial charge on any atom is 0.252 e. The van der Waals surface area contributed by atoms with Crippen LogP contribution in [0, 0.1) is 13.8 Å². The Kier molecular flexibility index (Phi) is 8.20. The Morgan fingerprint density at radius 1 is 0.400 bits per heavy atom. The second-order valence-corrected chi connectivity index (χ2v) is 17.7.